The number of carbonyl (C=O) groups is 1. The first-order valence-corrected chi connectivity index (χ1v) is 8.35. The molecule has 17 heavy (non-hydrogen) atoms. The minimum Gasteiger partial charge on any atom is -0.459 e. The summed E-state index contributed by atoms with van der Waals surface area (Å²) < 4.78 is 5.82. The number of unbranched alkanes of at least 4 members (excludes halogenated alkanes) is 1. The first-order chi connectivity index (χ1) is 8.18. The van der Waals surface area contributed by atoms with Gasteiger partial charge in [0.2, 0.25) is 0 Å². The van der Waals surface area contributed by atoms with Crippen LogP contribution in [0.4, 0.5) is 0 Å². The van der Waals surface area contributed by atoms with E-state index in [0.717, 1.165) is 11.0 Å². The van der Waals surface area contributed by atoms with Crippen LogP contribution in [0.25, 0.3) is 0 Å². The molecule has 4 heteroatoms. The molecule has 0 aromatic carbocycles. The Morgan fingerprint density at radius 3 is 2.82 bits per heavy atom. The molecular weight excluding hydrogens is 252 g/mol. The minimum absolute atomic E-state index is 0.0917. The standard InChI is InChI=1S/C13H22O2S2/c1-11(15-12(2)14)7-4-3-5-8-13-16-9-6-10-17-13/h4,7,11,13H,3,5-6,8-10H2,1-2H3/b7-4+/t11-/m0/s1. The quantitative estimate of drug-likeness (QED) is 0.417. The van der Waals surface area contributed by atoms with Crippen LogP contribution in [0.5, 0.6) is 0 Å². The Kier molecular flexibility index (Phi) is 7.86. The smallest absolute Gasteiger partial charge is 0.303 e. The molecule has 0 bridgehead atoms. The summed E-state index contributed by atoms with van der Waals surface area (Å²) in [5.41, 5.74) is 0. The van der Waals surface area contributed by atoms with E-state index < -0.39 is 0 Å². The lowest BCUT2D eigenvalue weighted by Gasteiger charge is -2.20. The minimum atomic E-state index is -0.211. The largest absolute Gasteiger partial charge is 0.459 e. The fourth-order valence-electron chi connectivity index (χ4n) is 1.69. The van der Waals surface area contributed by atoms with Gasteiger partial charge < -0.3 is 4.74 Å². The number of thioether (sulfide) groups is 2. The molecule has 1 rings (SSSR count). The highest BCUT2D eigenvalue weighted by Crippen LogP contribution is 2.33. The van der Waals surface area contributed by atoms with Gasteiger partial charge in [0.1, 0.15) is 6.10 Å². The molecule has 98 valence electrons. The Bertz CT molecular complexity index is 248. The van der Waals surface area contributed by atoms with Crippen molar-refractivity contribution in [1.29, 1.82) is 0 Å². The van der Waals surface area contributed by atoms with E-state index in [1.54, 1.807) is 0 Å². The van der Waals surface area contributed by atoms with Gasteiger partial charge >= 0.3 is 5.97 Å². The topological polar surface area (TPSA) is 26.3 Å². The molecule has 1 fully saturated rings. The molecule has 0 N–H and O–H groups in total. The fraction of sp³-hybridized carbons (Fsp3) is 0.769. The predicted molar refractivity (Wildman–Crippen MR) is 77.5 cm³/mol. The van der Waals surface area contributed by atoms with Crippen molar-refractivity contribution in [3.63, 3.8) is 0 Å². The first-order valence-electron chi connectivity index (χ1n) is 6.25. The van der Waals surface area contributed by atoms with E-state index in [0.29, 0.717) is 0 Å². The molecule has 1 atom stereocenters. The van der Waals surface area contributed by atoms with E-state index in [1.165, 1.54) is 37.7 Å². The van der Waals surface area contributed by atoms with Crippen molar-refractivity contribution < 1.29 is 9.53 Å². The normalized spacial score (nSPS) is 19.4. The summed E-state index contributed by atoms with van der Waals surface area (Å²) in [6.07, 6.45) is 8.99. The third-order valence-corrected chi connectivity index (χ3v) is 5.55. The maximum Gasteiger partial charge on any atom is 0.303 e. The van der Waals surface area contributed by atoms with Gasteiger partial charge in [0, 0.05) is 6.92 Å². The van der Waals surface area contributed by atoms with Gasteiger partial charge in [-0.3, -0.25) is 4.79 Å². The van der Waals surface area contributed by atoms with Crippen LogP contribution in [0.3, 0.4) is 0 Å². The highest BCUT2D eigenvalue weighted by atomic mass is 32.2. The van der Waals surface area contributed by atoms with Crippen molar-refractivity contribution in [2.75, 3.05) is 11.5 Å². The second kappa shape index (κ2) is 8.92. The summed E-state index contributed by atoms with van der Waals surface area (Å²) in [6.45, 7) is 3.34. The number of rotatable bonds is 6. The molecule has 1 heterocycles. The van der Waals surface area contributed by atoms with Crippen molar-refractivity contribution in [1.82, 2.24) is 0 Å². The first kappa shape index (κ1) is 15.0. The SMILES string of the molecule is CC(=O)O[C@@H](C)/C=C/CCCC1SCCCS1. The van der Waals surface area contributed by atoms with Gasteiger partial charge in [0.25, 0.3) is 0 Å². The summed E-state index contributed by atoms with van der Waals surface area (Å²) in [4.78, 5) is 10.7. The van der Waals surface area contributed by atoms with E-state index in [4.69, 9.17) is 4.74 Å². The molecular formula is C13H22O2S2. The lowest BCUT2D eigenvalue weighted by molar-refractivity contribution is -0.143. The highest BCUT2D eigenvalue weighted by molar-refractivity contribution is 8.17. The lowest BCUT2D eigenvalue weighted by atomic mass is 10.2. The summed E-state index contributed by atoms with van der Waals surface area (Å²) in [7, 11) is 0. The molecule has 0 radical (unpaired) electrons. The van der Waals surface area contributed by atoms with Crippen LogP contribution in [0, 0.1) is 0 Å². The van der Waals surface area contributed by atoms with E-state index in [9.17, 15) is 4.79 Å². The molecule has 2 nitrogen and oxygen atoms in total. The van der Waals surface area contributed by atoms with Crippen LogP contribution >= 0.6 is 23.5 Å². The second-order valence-electron chi connectivity index (χ2n) is 4.20. The highest BCUT2D eigenvalue weighted by Gasteiger charge is 2.13. The summed E-state index contributed by atoms with van der Waals surface area (Å²) in [6, 6.07) is 0. The molecule has 1 aliphatic rings. The molecule has 1 aliphatic heterocycles. The number of carbonyl (C=O) groups excluding carboxylic acids is 1. The number of allylic oxidation sites excluding steroid dienone is 1. The van der Waals surface area contributed by atoms with Crippen molar-refractivity contribution in [2.45, 2.75) is 50.2 Å². The summed E-state index contributed by atoms with van der Waals surface area (Å²) >= 11 is 4.21. The maximum atomic E-state index is 10.7. The Morgan fingerprint density at radius 1 is 1.47 bits per heavy atom. The predicted octanol–water partition coefficient (Wildman–Crippen LogP) is 3.86. The third-order valence-electron chi connectivity index (χ3n) is 2.47. The van der Waals surface area contributed by atoms with E-state index in [2.05, 4.69) is 29.6 Å². The average molecular weight is 274 g/mol. The lowest BCUT2D eigenvalue weighted by Crippen LogP contribution is -2.08. The molecule has 0 saturated carbocycles. The average Bonchev–Trinajstić information content (AvgIpc) is 2.29. The van der Waals surface area contributed by atoms with Crippen molar-refractivity contribution >= 4 is 29.5 Å². The Hall–Kier alpha value is -0.0900. The van der Waals surface area contributed by atoms with Crippen molar-refractivity contribution in [3.8, 4) is 0 Å². The van der Waals surface area contributed by atoms with Gasteiger partial charge in [0.15, 0.2) is 0 Å². The number of hydrogen-bond acceptors (Lipinski definition) is 4. The van der Waals surface area contributed by atoms with E-state index in [1.807, 2.05) is 13.0 Å². The van der Waals surface area contributed by atoms with Gasteiger partial charge in [-0.25, -0.2) is 0 Å². The Balaban J connectivity index is 2.02. The number of ether oxygens (including phenoxy) is 1. The van der Waals surface area contributed by atoms with Gasteiger partial charge in [-0.1, -0.05) is 6.08 Å². The zero-order valence-corrected chi connectivity index (χ0v) is 12.3. The third kappa shape index (κ3) is 7.77. The summed E-state index contributed by atoms with van der Waals surface area (Å²) in [5.74, 6) is 2.45. The van der Waals surface area contributed by atoms with Gasteiger partial charge in [-0.15, -0.1) is 23.5 Å². The van der Waals surface area contributed by atoms with Crippen LogP contribution in [0.1, 0.15) is 39.5 Å². The monoisotopic (exact) mass is 274 g/mol. The van der Waals surface area contributed by atoms with Gasteiger partial charge in [-0.05, 0) is 50.2 Å². The zero-order valence-electron chi connectivity index (χ0n) is 10.7. The Labute approximate surface area is 113 Å². The molecule has 0 aliphatic carbocycles. The van der Waals surface area contributed by atoms with Gasteiger partial charge in [-0.2, -0.15) is 0 Å². The molecule has 0 spiro atoms. The summed E-state index contributed by atoms with van der Waals surface area (Å²) in [5, 5.41) is 0. The van der Waals surface area contributed by atoms with Gasteiger partial charge in [0.05, 0.1) is 4.58 Å². The van der Waals surface area contributed by atoms with Crippen LogP contribution < -0.4 is 0 Å². The molecule has 0 unspecified atom stereocenters. The number of esters is 1. The van der Waals surface area contributed by atoms with Crippen LogP contribution in [-0.2, 0) is 9.53 Å². The van der Waals surface area contributed by atoms with Crippen molar-refractivity contribution in [3.05, 3.63) is 12.2 Å². The van der Waals surface area contributed by atoms with Crippen LogP contribution in [0.15, 0.2) is 12.2 Å². The van der Waals surface area contributed by atoms with E-state index in [-0.39, 0.29) is 12.1 Å². The van der Waals surface area contributed by atoms with Crippen molar-refractivity contribution in [2.24, 2.45) is 0 Å². The fourth-order valence-corrected chi connectivity index (χ4v) is 4.65. The van der Waals surface area contributed by atoms with Crippen LogP contribution in [-0.4, -0.2) is 28.2 Å². The molecule has 0 aromatic rings. The second-order valence-corrected chi connectivity index (χ2v) is 7.12. The Morgan fingerprint density at radius 2 is 2.18 bits per heavy atom. The molecule has 1 saturated heterocycles. The molecule has 0 amide bonds. The number of hydrogen-bond donors (Lipinski definition) is 0. The zero-order chi connectivity index (χ0) is 12.5. The van der Waals surface area contributed by atoms with Crippen LogP contribution in [0.2, 0.25) is 0 Å². The van der Waals surface area contributed by atoms with E-state index >= 15 is 0 Å². The molecule has 0 aromatic heterocycles. The maximum absolute atomic E-state index is 10.7.